The van der Waals surface area contributed by atoms with E-state index in [0.717, 1.165) is 30.6 Å². The lowest BCUT2D eigenvalue weighted by atomic mass is 10.1. The van der Waals surface area contributed by atoms with E-state index in [4.69, 9.17) is 4.74 Å². The molecule has 0 heterocycles. The number of carbonyl (C=O) groups is 2. The molecule has 0 spiro atoms. The van der Waals surface area contributed by atoms with Crippen LogP contribution in [-0.4, -0.2) is 32.0 Å². The highest BCUT2D eigenvalue weighted by molar-refractivity contribution is 5.76. The first-order chi connectivity index (χ1) is 10.1. The van der Waals surface area contributed by atoms with Gasteiger partial charge >= 0.3 is 0 Å². The predicted molar refractivity (Wildman–Crippen MR) is 82.2 cm³/mol. The van der Waals surface area contributed by atoms with Crippen molar-refractivity contribution in [1.82, 2.24) is 10.6 Å². The maximum atomic E-state index is 11.7. The molecule has 0 aliphatic heterocycles. The van der Waals surface area contributed by atoms with Gasteiger partial charge in [-0.05, 0) is 37.0 Å². The molecule has 0 aromatic heterocycles. The standard InChI is InChI=1S/C16H24N2O3/c1-13(19)17-11-3-4-12-18-16(20)10-7-14-5-8-15(21-2)9-6-14/h5-6,8-9H,3-4,7,10-12H2,1-2H3,(H,17,19)(H,18,20). The van der Waals surface area contributed by atoms with Gasteiger partial charge in [-0.25, -0.2) is 0 Å². The number of unbranched alkanes of at least 4 members (excludes halogenated alkanes) is 1. The van der Waals surface area contributed by atoms with Crippen molar-refractivity contribution >= 4 is 11.8 Å². The third kappa shape index (κ3) is 7.97. The summed E-state index contributed by atoms with van der Waals surface area (Å²) in [6.45, 7) is 2.82. The van der Waals surface area contributed by atoms with Crippen molar-refractivity contribution in [2.24, 2.45) is 0 Å². The van der Waals surface area contributed by atoms with Crippen LogP contribution in [0, 0.1) is 0 Å². The number of nitrogens with one attached hydrogen (secondary N) is 2. The third-order valence-corrected chi connectivity index (χ3v) is 3.10. The van der Waals surface area contributed by atoms with Crippen LogP contribution in [0.1, 0.15) is 31.7 Å². The molecule has 0 unspecified atom stereocenters. The number of benzene rings is 1. The molecule has 2 N–H and O–H groups in total. The molecule has 1 aromatic carbocycles. The van der Waals surface area contributed by atoms with Crippen LogP contribution in [0.25, 0.3) is 0 Å². The Kier molecular flexibility index (Phi) is 7.94. The first-order valence-electron chi connectivity index (χ1n) is 7.26. The zero-order valence-corrected chi connectivity index (χ0v) is 12.8. The molecule has 0 atom stereocenters. The maximum Gasteiger partial charge on any atom is 0.220 e. The lowest BCUT2D eigenvalue weighted by Crippen LogP contribution is -2.26. The first-order valence-corrected chi connectivity index (χ1v) is 7.26. The molecule has 0 radical (unpaired) electrons. The molecule has 0 aliphatic rings. The Labute approximate surface area is 126 Å². The maximum absolute atomic E-state index is 11.7. The van der Waals surface area contributed by atoms with E-state index in [1.807, 2.05) is 24.3 Å². The van der Waals surface area contributed by atoms with Gasteiger partial charge in [0.25, 0.3) is 0 Å². The smallest absolute Gasteiger partial charge is 0.220 e. The summed E-state index contributed by atoms with van der Waals surface area (Å²) in [5, 5.41) is 5.62. The summed E-state index contributed by atoms with van der Waals surface area (Å²) in [6, 6.07) is 7.74. The number of methoxy groups -OCH3 is 1. The van der Waals surface area contributed by atoms with Gasteiger partial charge < -0.3 is 15.4 Å². The molecule has 1 aromatic rings. The molecule has 116 valence electrons. The van der Waals surface area contributed by atoms with Crippen LogP contribution in [0.2, 0.25) is 0 Å². The normalized spacial score (nSPS) is 10.0. The minimum atomic E-state index is -0.0153. The summed E-state index contributed by atoms with van der Waals surface area (Å²) in [5.41, 5.74) is 1.12. The highest BCUT2D eigenvalue weighted by Crippen LogP contribution is 2.12. The van der Waals surface area contributed by atoms with E-state index < -0.39 is 0 Å². The Balaban J connectivity index is 2.09. The van der Waals surface area contributed by atoms with Crippen LogP contribution in [0.15, 0.2) is 24.3 Å². The van der Waals surface area contributed by atoms with Crippen LogP contribution in [0.4, 0.5) is 0 Å². The number of amides is 2. The SMILES string of the molecule is COc1ccc(CCC(=O)NCCCCNC(C)=O)cc1. The number of aryl methyl sites for hydroxylation is 1. The van der Waals surface area contributed by atoms with Crippen LogP contribution in [-0.2, 0) is 16.0 Å². The van der Waals surface area contributed by atoms with E-state index in [-0.39, 0.29) is 11.8 Å². The number of ether oxygens (including phenoxy) is 1. The van der Waals surface area contributed by atoms with E-state index in [1.165, 1.54) is 6.92 Å². The summed E-state index contributed by atoms with van der Waals surface area (Å²) in [7, 11) is 1.63. The summed E-state index contributed by atoms with van der Waals surface area (Å²) in [6.07, 6.45) is 2.95. The van der Waals surface area contributed by atoms with Crippen LogP contribution < -0.4 is 15.4 Å². The van der Waals surface area contributed by atoms with Crippen LogP contribution in [0.5, 0.6) is 5.75 Å². The Bertz CT molecular complexity index is 443. The topological polar surface area (TPSA) is 67.4 Å². The average Bonchev–Trinajstić information content (AvgIpc) is 2.49. The summed E-state index contributed by atoms with van der Waals surface area (Å²) in [5.74, 6) is 0.867. The molecule has 0 fully saturated rings. The van der Waals surface area contributed by atoms with Crippen molar-refractivity contribution < 1.29 is 14.3 Å². The molecule has 0 aliphatic carbocycles. The fourth-order valence-electron chi connectivity index (χ4n) is 1.88. The van der Waals surface area contributed by atoms with Gasteiger partial charge in [0.1, 0.15) is 5.75 Å². The van der Waals surface area contributed by atoms with Gasteiger partial charge in [-0.3, -0.25) is 9.59 Å². The molecule has 0 saturated carbocycles. The van der Waals surface area contributed by atoms with Gasteiger partial charge in [0.05, 0.1) is 7.11 Å². The summed E-state index contributed by atoms with van der Waals surface area (Å²) < 4.78 is 5.09. The van der Waals surface area contributed by atoms with Crippen LogP contribution >= 0.6 is 0 Å². The second-order valence-electron chi connectivity index (χ2n) is 4.89. The highest BCUT2D eigenvalue weighted by atomic mass is 16.5. The minimum absolute atomic E-state index is 0.0153. The lowest BCUT2D eigenvalue weighted by molar-refractivity contribution is -0.121. The number of hydrogen-bond acceptors (Lipinski definition) is 3. The number of rotatable bonds is 9. The van der Waals surface area contributed by atoms with Gasteiger partial charge in [-0.15, -0.1) is 0 Å². The van der Waals surface area contributed by atoms with E-state index in [1.54, 1.807) is 7.11 Å². The minimum Gasteiger partial charge on any atom is -0.497 e. The summed E-state index contributed by atoms with van der Waals surface area (Å²) in [4.78, 5) is 22.3. The molecule has 5 nitrogen and oxygen atoms in total. The van der Waals surface area contributed by atoms with E-state index in [2.05, 4.69) is 10.6 Å². The fourth-order valence-corrected chi connectivity index (χ4v) is 1.88. The molecule has 2 amide bonds. The average molecular weight is 292 g/mol. The highest BCUT2D eigenvalue weighted by Gasteiger charge is 2.02. The fraction of sp³-hybridized carbons (Fsp3) is 0.500. The van der Waals surface area contributed by atoms with Crippen molar-refractivity contribution in [2.45, 2.75) is 32.6 Å². The molecule has 5 heteroatoms. The Hall–Kier alpha value is -2.04. The van der Waals surface area contributed by atoms with Crippen LogP contribution in [0.3, 0.4) is 0 Å². The molecular formula is C16H24N2O3. The zero-order chi connectivity index (χ0) is 15.5. The summed E-state index contributed by atoms with van der Waals surface area (Å²) >= 11 is 0. The number of carbonyl (C=O) groups excluding carboxylic acids is 2. The van der Waals surface area contributed by atoms with E-state index in [9.17, 15) is 9.59 Å². The van der Waals surface area contributed by atoms with Gasteiger partial charge in [0.15, 0.2) is 0 Å². The first kappa shape index (κ1) is 17.0. The quantitative estimate of drug-likeness (QED) is 0.680. The van der Waals surface area contributed by atoms with E-state index in [0.29, 0.717) is 19.5 Å². The van der Waals surface area contributed by atoms with Crippen molar-refractivity contribution in [2.75, 3.05) is 20.2 Å². The van der Waals surface area contributed by atoms with Crippen molar-refractivity contribution in [3.63, 3.8) is 0 Å². The number of hydrogen-bond donors (Lipinski definition) is 2. The Morgan fingerprint density at radius 1 is 1.05 bits per heavy atom. The molecule has 0 bridgehead atoms. The predicted octanol–water partition coefficient (Wildman–Crippen LogP) is 1.66. The third-order valence-electron chi connectivity index (χ3n) is 3.10. The molecule has 21 heavy (non-hydrogen) atoms. The lowest BCUT2D eigenvalue weighted by Gasteiger charge is -2.06. The van der Waals surface area contributed by atoms with Crippen molar-refractivity contribution in [3.8, 4) is 5.75 Å². The monoisotopic (exact) mass is 292 g/mol. The van der Waals surface area contributed by atoms with Gasteiger partial charge in [0.2, 0.25) is 11.8 Å². The van der Waals surface area contributed by atoms with Crippen molar-refractivity contribution in [3.05, 3.63) is 29.8 Å². The largest absolute Gasteiger partial charge is 0.497 e. The molecule has 1 rings (SSSR count). The molecular weight excluding hydrogens is 268 g/mol. The van der Waals surface area contributed by atoms with E-state index >= 15 is 0 Å². The zero-order valence-electron chi connectivity index (χ0n) is 12.8. The van der Waals surface area contributed by atoms with Gasteiger partial charge in [-0.2, -0.15) is 0 Å². The second kappa shape index (κ2) is 9.80. The molecule has 0 saturated heterocycles. The van der Waals surface area contributed by atoms with Gasteiger partial charge in [0, 0.05) is 26.4 Å². The Morgan fingerprint density at radius 3 is 2.24 bits per heavy atom. The van der Waals surface area contributed by atoms with Gasteiger partial charge in [-0.1, -0.05) is 12.1 Å². The van der Waals surface area contributed by atoms with Crippen molar-refractivity contribution in [1.29, 1.82) is 0 Å². The Morgan fingerprint density at radius 2 is 1.67 bits per heavy atom. The second-order valence-corrected chi connectivity index (χ2v) is 4.89.